The molecule has 1 amide bonds. The molecule has 8 heteroatoms. The second-order valence-electron chi connectivity index (χ2n) is 6.24. The maximum Gasteiger partial charge on any atom is 0.236 e. The van der Waals surface area contributed by atoms with Crippen molar-refractivity contribution in [1.29, 1.82) is 0 Å². The zero-order chi connectivity index (χ0) is 19.5. The second kappa shape index (κ2) is 8.12. The van der Waals surface area contributed by atoms with Crippen LogP contribution in [-0.2, 0) is 11.3 Å². The van der Waals surface area contributed by atoms with E-state index in [1.165, 1.54) is 28.7 Å². The molecular weight excluding hydrogens is 390 g/mol. The summed E-state index contributed by atoms with van der Waals surface area (Å²) in [4.78, 5) is 16.8. The zero-order valence-electron chi connectivity index (χ0n) is 15.5. The van der Waals surface area contributed by atoms with Gasteiger partial charge in [0.1, 0.15) is 0 Å². The molecule has 0 atom stereocenters. The summed E-state index contributed by atoms with van der Waals surface area (Å²) >= 11 is 2.85. The minimum absolute atomic E-state index is 0.105. The lowest BCUT2D eigenvalue weighted by atomic mass is 10.1. The van der Waals surface area contributed by atoms with Crippen LogP contribution in [0.3, 0.4) is 0 Å². The zero-order valence-corrected chi connectivity index (χ0v) is 17.2. The number of benzene rings is 2. The van der Waals surface area contributed by atoms with E-state index in [1.807, 2.05) is 47.9 Å². The lowest BCUT2D eigenvalue weighted by Crippen LogP contribution is -2.14. The molecule has 0 aliphatic heterocycles. The van der Waals surface area contributed by atoms with Gasteiger partial charge in [0.05, 0.1) is 16.0 Å². The van der Waals surface area contributed by atoms with Crippen LogP contribution in [-0.4, -0.2) is 31.4 Å². The largest absolute Gasteiger partial charge is 0.302 e. The van der Waals surface area contributed by atoms with E-state index >= 15 is 0 Å². The van der Waals surface area contributed by atoms with Gasteiger partial charge < -0.3 is 9.88 Å². The Morgan fingerprint density at radius 3 is 2.82 bits per heavy atom. The molecule has 0 aliphatic carbocycles. The highest BCUT2D eigenvalue weighted by molar-refractivity contribution is 7.99. The molecule has 4 rings (SSSR count). The highest BCUT2D eigenvalue weighted by Gasteiger charge is 2.15. The maximum atomic E-state index is 12.4. The molecule has 0 saturated heterocycles. The van der Waals surface area contributed by atoms with Gasteiger partial charge in [-0.3, -0.25) is 4.79 Å². The third-order valence-electron chi connectivity index (χ3n) is 4.18. The fraction of sp³-hybridized carbons (Fsp3) is 0.200. The number of thioether (sulfide) groups is 1. The van der Waals surface area contributed by atoms with Crippen molar-refractivity contribution in [1.82, 2.24) is 19.7 Å². The van der Waals surface area contributed by atoms with Crippen LogP contribution >= 0.6 is 23.1 Å². The van der Waals surface area contributed by atoms with E-state index in [0.29, 0.717) is 5.13 Å². The third-order valence-corrected chi connectivity index (χ3v) is 6.10. The summed E-state index contributed by atoms with van der Waals surface area (Å²) in [5.74, 6) is 0.967. The number of rotatable bonds is 6. The number of nitrogens with zero attached hydrogens (tertiary/aromatic N) is 4. The SMILES string of the molecule is CCn1c(SCC(=O)Nc2nc3ccccc3s2)nnc1-c1cccc(C)c1. The first-order chi connectivity index (χ1) is 13.6. The van der Waals surface area contributed by atoms with Crippen molar-refractivity contribution in [3.8, 4) is 11.4 Å². The van der Waals surface area contributed by atoms with E-state index < -0.39 is 0 Å². The Morgan fingerprint density at radius 1 is 1.18 bits per heavy atom. The van der Waals surface area contributed by atoms with Crippen molar-refractivity contribution in [3.05, 3.63) is 54.1 Å². The maximum absolute atomic E-state index is 12.4. The van der Waals surface area contributed by atoms with Crippen LogP contribution in [0.2, 0.25) is 0 Å². The second-order valence-corrected chi connectivity index (χ2v) is 8.22. The average Bonchev–Trinajstić information content (AvgIpc) is 3.29. The average molecular weight is 410 g/mol. The van der Waals surface area contributed by atoms with Gasteiger partial charge in [0.25, 0.3) is 0 Å². The number of aryl methyl sites for hydroxylation is 1. The van der Waals surface area contributed by atoms with Gasteiger partial charge >= 0.3 is 0 Å². The van der Waals surface area contributed by atoms with Crippen LogP contribution in [0.4, 0.5) is 5.13 Å². The first-order valence-corrected chi connectivity index (χ1v) is 10.7. The van der Waals surface area contributed by atoms with Gasteiger partial charge in [-0.2, -0.15) is 0 Å². The molecule has 0 unspecified atom stereocenters. The number of para-hydroxylation sites is 1. The summed E-state index contributed by atoms with van der Waals surface area (Å²) < 4.78 is 3.09. The fourth-order valence-corrected chi connectivity index (χ4v) is 4.57. The van der Waals surface area contributed by atoms with E-state index in [2.05, 4.69) is 39.6 Å². The number of hydrogen-bond donors (Lipinski definition) is 1. The molecule has 2 aromatic carbocycles. The molecule has 2 aromatic heterocycles. The predicted octanol–water partition coefficient (Wildman–Crippen LogP) is 4.61. The molecule has 6 nitrogen and oxygen atoms in total. The van der Waals surface area contributed by atoms with Crippen LogP contribution < -0.4 is 5.32 Å². The Labute approximate surface area is 171 Å². The lowest BCUT2D eigenvalue weighted by Gasteiger charge is -2.07. The van der Waals surface area contributed by atoms with E-state index in [9.17, 15) is 4.79 Å². The van der Waals surface area contributed by atoms with E-state index in [0.717, 1.165) is 33.3 Å². The van der Waals surface area contributed by atoms with Crippen LogP contribution in [0.1, 0.15) is 12.5 Å². The Balaban J connectivity index is 1.45. The minimum atomic E-state index is -0.105. The van der Waals surface area contributed by atoms with Crippen molar-refractivity contribution in [2.45, 2.75) is 25.5 Å². The standard InChI is InChI=1S/C20H19N5OS2/c1-3-25-18(14-8-6-7-13(2)11-14)23-24-20(25)27-12-17(26)22-19-21-15-9-4-5-10-16(15)28-19/h4-11H,3,12H2,1-2H3,(H,21,22,26). The number of carbonyl (C=O) groups is 1. The number of anilines is 1. The van der Waals surface area contributed by atoms with Gasteiger partial charge in [-0.1, -0.05) is 59.0 Å². The molecule has 4 aromatic rings. The first kappa shape index (κ1) is 18.6. The van der Waals surface area contributed by atoms with Crippen molar-refractivity contribution in [3.63, 3.8) is 0 Å². The van der Waals surface area contributed by atoms with Crippen LogP contribution in [0.15, 0.2) is 53.7 Å². The summed E-state index contributed by atoms with van der Waals surface area (Å²) in [5, 5.41) is 12.9. The summed E-state index contributed by atoms with van der Waals surface area (Å²) in [5.41, 5.74) is 3.09. The molecule has 0 aliphatic rings. The van der Waals surface area contributed by atoms with Gasteiger partial charge in [0, 0.05) is 12.1 Å². The smallest absolute Gasteiger partial charge is 0.236 e. The first-order valence-electron chi connectivity index (χ1n) is 8.92. The molecule has 0 fully saturated rings. The number of thiazole rings is 1. The number of hydrogen-bond acceptors (Lipinski definition) is 6. The van der Waals surface area contributed by atoms with E-state index in [1.54, 1.807) is 0 Å². The van der Waals surface area contributed by atoms with E-state index in [4.69, 9.17) is 0 Å². The van der Waals surface area contributed by atoms with Crippen molar-refractivity contribution in [2.75, 3.05) is 11.1 Å². The minimum Gasteiger partial charge on any atom is -0.302 e. The highest BCUT2D eigenvalue weighted by Crippen LogP contribution is 2.27. The number of nitrogens with one attached hydrogen (secondary N) is 1. The molecule has 0 radical (unpaired) electrons. The molecule has 28 heavy (non-hydrogen) atoms. The Kier molecular flexibility index (Phi) is 5.40. The van der Waals surface area contributed by atoms with Gasteiger partial charge in [0.2, 0.25) is 5.91 Å². The molecular formula is C20H19N5OS2. The predicted molar refractivity (Wildman–Crippen MR) is 115 cm³/mol. The van der Waals surface area contributed by atoms with Gasteiger partial charge in [-0.25, -0.2) is 4.98 Å². The number of fused-ring (bicyclic) bond motifs is 1. The number of carbonyl (C=O) groups excluding carboxylic acids is 1. The summed E-state index contributed by atoms with van der Waals surface area (Å²) in [6.45, 7) is 4.84. The van der Waals surface area contributed by atoms with Crippen LogP contribution in [0, 0.1) is 6.92 Å². The van der Waals surface area contributed by atoms with Crippen LogP contribution in [0.5, 0.6) is 0 Å². The molecule has 1 N–H and O–H groups in total. The van der Waals surface area contributed by atoms with Crippen molar-refractivity contribution in [2.24, 2.45) is 0 Å². The van der Waals surface area contributed by atoms with E-state index in [-0.39, 0.29) is 11.7 Å². The van der Waals surface area contributed by atoms with Gasteiger partial charge in [-0.05, 0) is 32.0 Å². The Hall–Kier alpha value is -2.71. The summed E-state index contributed by atoms with van der Waals surface area (Å²) in [7, 11) is 0. The quantitative estimate of drug-likeness (QED) is 0.471. The molecule has 0 bridgehead atoms. The fourth-order valence-electron chi connectivity index (χ4n) is 2.89. The number of aromatic nitrogens is 4. The lowest BCUT2D eigenvalue weighted by molar-refractivity contribution is -0.113. The molecule has 2 heterocycles. The normalized spacial score (nSPS) is 11.1. The topological polar surface area (TPSA) is 72.7 Å². The van der Waals surface area contributed by atoms with Gasteiger partial charge in [-0.15, -0.1) is 10.2 Å². The highest BCUT2D eigenvalue weighted by atomic mass is 32.2. The van der Waals surface area contributed by atoms with Crippen molar-refractivity contribution >= 4 is 44.4 Å². The summed E-state index contributed by atoms with van der Waals surface area (Å²) in [6, 6.07) is 16.0. The van der Waals surface area contributed by atoms with Crippen molar-refractivity contribution < 1.29 is 4.79 Å². The molecule has 0 saturated carbocycles. The molecule has 0 spiro atoms. The third kappa shape index (κ3) is 3.93. The Morgan fingerprint density at radius 2 is 2.04 bits per heavy atom. The molecule has 142 valence electrons. The van der Waals surface area contributed by atoms with Crippen LogP contribution in [0.25, 0.3) is 21.6 Å². The van der Waals surface area contributed by atoms with Gasteiger partial charge in [0.15, 0.2) is 16.1 Å². The number of amides is 1. The monoisotopic (exact) mass is 409 g/mol. The summed E-state index contributed by atoms with van der Waals surface area (Å²) in [6.07, 6.45) is 0. The Bertz CT molecular complexity index is 1100.